The lowest BCUT2D eigenvalue weighted by molar-refractivity contribution is -0.385. The minimum absolute atomic E-state index is 0.165. The van der Waals surface area contributed by atoms with Crippen LogP contribution in [0.5, 0.6) is 17.4 Å². The number of nitro groups is 1. The van der Waals surface area contributed by atoms with Crippen molar-refractivity contribution in [2.45, 2.75) is 0 Å². The van der Waals surface area contributed by atoms with Crippen LogP contribution in [0.2, 0.25) is 0 Å². The van der Waals surface area contributed by atoms with Crippen molar-refractivity contribution >= 4 is 11.4 Å². The van der Waals surface area contributed by atoms with Gasteiger partial charge in [0.1, 0.15) is 5.75 Å². The van der Waals surface area contributed by atoms with Gasteiger partial charge in [0.25, 0.3) is 0 Å². The number of hydrogen-bond acceptors (Lipinski definition) is 6. The molecule has 0 bridgehead atoms. The first kappa shape index (κ1) is 12.6. The molecule has 19 heavy (non-hydrogen) atoms. The summed E-state index contributed by atoms with van der Waals surface area (Å²) in [4.78, 5) is 14.3. The first-order valence-electron chi connectivity index (χ1n) is 5.32. The van der Waals surface area contributed by atoms with Crippen molar-refractivity contribution in [2.24, 2.45) is 0 Å². The summed E-state index contributed by atoms with van der Waals surface area (Å²) in [5.41, 5.74) is 5.90. The van der Waals surface area contributed by atoms with Gasteiger partial charge in [-0.05, 0) is 18.2 Å². The lowest BCUT2D eigenvalue weighted by atomic mass is 10.3. The van der Waals surface area contributed by atoms with Crippen LogP contribution in [0, 0.1) is 10.1 Å². The average molecular weight is 261 g/mol. The van der Waals surface area contributed by atoms with Crippen molar-refractivity contribution in [1.82, 2.24) is 4.98 Å². The maximum Gasteiger partial charge on any atom is 0.314 e. The van der Waals surface area contributed by atoms with Crippen LogP contribution in [-0.2, 0) is 0 Å². The number of nitrogens with zero attached hydrogens (tertiary/aromatic N) is 2. The zero-order valence-corrected chi connectivity index (χ0v) is 10.1. The van der Waals surface area contributed by atoms with Crippen molar-refractivity contribution in [3.63, 3.8) is 0 Å². The molecule has 0 unspecified atom stereocenters. The van der Waals surface area contributed by atoms with Gasteiger partial charge in [0.05, 0.1) is 18.1 Å². The Bertz CT molecular complexity index is 616. The molecule has 2 N–H and O–H groups in total. The number of nitrogens with two attached hydrogens (primary N) is 1. The highest BCUT2D eigenvalue weighted by molar-refractivity contribution is 5.51. The van der Waals surface area contributed by atoms with E-state index in [9.17, 15) is 10.1 Å². The minimum atomic E-state index is -0.543. The van der Waals surface area contributed by atoms with Gasteiger partial charge in [-0.1, -0.05) is 0 Å². The molecular weight excluding hydrogens is 250 g/mol. The molecule has 0 fully saturated rings. The van der Waals surface area contributed by atoms with E-state index < -0.39 is 4.92 Å². The third-order valence-corrected chi connectivity index (χ3v) is 2.33. The fourth-order valence-electron chi connectivity index (χ4n) is 1.48. The Kier molecular flexibility index (Phi) is 3.46. The number of pyridine rings is 1. The van der Waals surface area contributed by atoms with E-state index in [0.717, 1.165) is 0 Å². The molecule has 0 atom stereocenters. The molecule has 0 aliphatic rings. The molecule has 0 aliphatic heterocycles. The molecule has 1 heterocycles. The Labute approximate surface area is 108 Å². The summed E-state index contributed by atoms with van der Waals surface area (Å²) < 4.78 is 10.3. The molecule has 0 spiro atoms. The molecule has 2 aromatic rings. The van der Waals surface area contributed by atoms with E-state index in [2.05, 4.69) is 4.98 Å². The Morgan fingerprint density at radius 2 is 2.11 bits per heavy atom. The monoisotopic (exact) mass is 261 g/mol. The molecule has 0 radical (unpaired) electrons. The summed E-state index contributed by atoms with van der Waals surface area (Å²) in [5.74, 6) is 0.711. The fourth-order valence-corrected chi connectivity index (χ4v) is 1.48. The summed E-state index contributed by atoms with van der Waals surface area (Å²) in [5, 5.41) is 10.9. The van der Waals surface area contributed by atoms with E-state index in [1.807, 2.05) is 0 Å². The van der Waals surface area contributed by atoms with Gasteiger partial charge in [-0.2, -0.15) is 0 Å². The van der Waals surface area contributed by atoms with Crippen LogP contribution in [0.25, 0.3) is 0 Å². The summed E-state index contributed by atoms with van der Waals surface area (Å²) >= 11 is 0. The summed E-state index contributed by atoms with van der Waals surface area (Å²) in [6.07, 6.45) is 1.49. The lowest BCUT2D eigenvalue weighted by Gasteiger charge is -2.06. The highest BCUT2D eigenvalue weighted by Crippen LogP contribution is 2.32. The second-order valence-corrected chi connectivity index (χ2v) is 3.62. The molecule has 0 saturated heterocycles. The van der Waals surface area contributed by atoms with Gasteiger partial charge in [-0.3, -0.25) is 10.1 Å². The first-order chi connectivity index (χ1) is 9.10. The van der Waals surface area contributed by atoms with Gasteiger partial charge >= 0.3 is 5.69 Å². The van der Waals surface area contributed by atoms with Crippen LogP contribution in [0.3, 0.4) is 0 Å². The highest BCUT2D eigenvalue weighted by atomic mass is 16.6. The number of rotatable bonds is 4. The van der Waals surface area contributed by atoms with E-state index in [4.69, 9.17) is 15.2 Å². The van der Waals surface area contributed by atoms with Crippen LogP contribution in [0.15, 0.2) is 36.5 Å². The summed E-state index contributed by atoms with van der Waals surface area (Å²) in [6, 6.07) is 7.42. The second-order valence-electron chi connectivity index (χ2n) is 3.62. The number of hydrogen-bond donors (Lipinski definition) is 1. The normalized spacial score (nSPS) is 9.95. The first-order valence-corrected chi connectivity index (χ1v) is 5.32. The van der Waals surface area contributed by atoms with E-state index in [1.54, 1.807) is 12.1 Å². The predicted octanol–water partition coefficient (Wildman–Crippen LogP) is 2.37. The van der Waals surface area contributed by atoms with Crippen molar-refractivity contribution in [3.05, 3.63) is 46.6 Å². The molecular formula is C12H11N3O4. The average Bonchev–Trinajstić information content (AvgIpc) is 2.38. The summed E-state index contributed by atoms with van der Waals surface area (Å²) in [7, 11) is 1.36. The quantitative estimate of drug-likeness (QED) is 0.669. The molecule has 0 amide bonds. The number of anilines is 1. The van der Waals surface area contributed by atoms with Crippen LogP contribution in [0.1, 0.15) is 0 Å². The number of nitro benzene ring substituents is 1. The van der Waals surface area contributed by atoms with Crippen LogP contribution in [0.4, 0.5) is 11.4 Å². The fraction of sp³-hybridized carbons (Fsp3) is 0.0833. The number of methoxy groups -OCH3 is 1. The molecule has 7 nitrogen and oxygen atoms in total. The van der Waals surface area contributed by atoms with Gasteiger partial charge in [0.2, 0.25) is 5.88 Å². The van der Waals surface area contributed by atoms with Crippen LogP contribution < -0.4 is 15.2 Å². The minimum Gasteiger partial charge on any atom is -0.490 e. The number of ether oxygens (including phenoxy) is 2. The maximum atomic E-state index is 10.9. The van der Waals surface area contributed by atoms with Gasteiger partial charge in [-0.15, -0.1) is 0 Å². The third kappa shape index (κ3) is 2.89. The zero-order chi connectivity index (χ0) is 13.8. The van der Waals surface area contributed by atoms with E-state index in [1.165, 1.54) is 31.5 Å². The molecule has 0 aliphatic carbocycles. The Hall–Kier alpha value is -2.83. The summed E-state index contributed by atoms with van der Waals surface area (Å²) in [6.45, 7) is 0. The third-order valence-electron chi connectivity index (χ3n) is 2.33. The predicted molar refractivity (Wildman–Crippen MR) is 68.4 cm³/mol. The van der Waals surface area contributed by atoms with Gasteiger partial charge in [0, 0.05) is 18.0 Å². The van der Waals surface area contributed by atoms with E-state index in [-0.39, 0.29) is 23.1 Å². The number of benzene rings is 1. The molecule has 98 valence electrons. The van der Waals surface area contributed by atoms with Gasteiger partial charge < -0.3 is 15.2 Å². The number of nitrogen functional groups attached to an aromatic ring is 1. The Morgan fingerprint density at radius 3 is 2.74 bits per heavy atom. The van der Waals surface area contributed by atoms with Crippen molar-refractivity contribution in [1.29, 1.82) is 0 Å². The smallest absolute Gasteiger partial charge is 0.314 e. The highest BCUT2D eigenvalue weighted by Gasteiger charge is 2.16. The molecule has 0 saturated carbocycles. The Morgan fingerprint density at radius 1 is 1.32 bits per heavy atom. The zero-order valence-electron chi connectivity index (χ0n) is 10.1. The maximum absolute atomic E-state index is 10.9. The van der Waals surface area contributed by atoms with Gasteiger partial charge in [0.15, 0.2) is 5.75 Å². The molecule has 1 aromatic carbocycles. The topological polar surface area (TPSA) is 101 Å². The van der Waals surface area contributed by atoms with Crippen molar-refractivity contribution in [3.8, 4) is 17.4 Å². The molecule has 1 aromatic heterocycles. The van der Waals surface area contributed by atoms with Crippen molar-refractivity contribution in [2.75, 3.05) is 12.8 Å². The lowest BCUT2D eigenvalue weighted by Crippen LogP contribution is -1.95. The van der Waals surface area contributed by atoms with Crippen molar-refractivity contribution < 1.29 is 14.4 Å². The largest absolute Gasteiger partial charge is 0.490 e. The SMILES string of the molecule is COc1ccc(Oc2cc(N)ccn2)cc1[N+](=O)[O-]. The van der Waals surface area contributed by atoms with Gasteiger partial charge in [-0.25, -0.2) is 4.98 Å². The number of aromatic nitrogens is 1. The second kappa shape index (κ2) is 5.21. The van der Waals surface area contributed by atoms with Crippen LogP contribution >= 0.6 is 0 Å². The van der Waals surface area contributed by atoms with E-state index >= 15 is 0 Å². The standard InChI is InChI=1S/C12H11N3O4/c1-18-11-3-2-9(7-10(11)15(16)17)19-12-6-8(13)4-5-14-12/h2-7H,1H3,(H2,13,14). The van der Waals surface area contributed by atoms with Crippen LogP contribution in [-0.4, -0.2) is 17.0 Å². The Balaban J connectivity index is 2.31. The van der Waals surface area contributed by atoms with E-state index in [0.29, 0.717) is 5.69 Å². The molecule has 7 heteroatoms. The molecule has 2 rings (SSSR count).